The number of nitrogens with zero attached hydrogens (tertiary/aromatic N) is 3. The first-order chi connectivity index (χ1) is 12.2. The van der Waals surface area contributed by atoms with Crippen LogP contribution < -0.4 is 10.1 Å². The van der Waals surface area contributed by atoms with Gasteiger partial charge in [-0.3, -0.25) is 4.79 Å². The van der Waals surface area contributed by atoms with E-state index < -0.39 is 0 Å². The summed E-state index contributed by atoms with van der Waals surface area (Å²) in [5.74, 6) is 1.98. The first-order valence-corrected chi connectivity index (χ1v) is 8.77. The number of hydrogen-bond acceptors (Lipinski definition) is 5. The van der Waals surface area contributed by atoms with E-state index in [9.17, 15) is 4.79 Å². The Bertz CT molecular complexity index is 710. The third-order valence-electron chi connectivity index (χ3n) is 4.39. The van der Waals surface area contributed by atoms with Crippen molar-refractivity contribution >= 4 is 17.4 Å². The third kappa shape index (κ3) is 4.26. The van der Waals surface area contributed by atoms with Crippen LogP contribution in [-0.2, 0) is 0 Å². The molecule has 1 aliphatic heterocycles. The molecule has 6 heteroatoms. The van der Waals surface area contributed by atoms with Gasteiger partial charge in [0.1, 0.15) is 17.3 Å². The molecule has 2 aromatic rings. The molecule has 0 unspecified atom stereocenters. The first-order valence-electron chi connectivity index (χ1n) is 8.77. The summed E-state index contributed by atoms with van der Waals surface area (Å²) in [6.07, 6.45) is 5.22. The number of carbonyl (C=O) groups excluding carboxylic acids is 1. The molecule has 0 atom stereocenters. The van der Waals surface area contributed by atoms with Crippen molar-refractivity contribution in [3.8, 4) is 5.75 Å². The van der Waals surface area contributed by atoms with E-state index >= 15 is 0 Å². The molecule has 0 spiro atoms. The van der Waals surface area contributed by atoms with Gasteiger partial charge in [-0.05, 0) is 37.8 Å². The molecule has 0 aliphatic carbocycles. The van der Waals surface area contributed by atoms with Gasteiger partial charge < -0.3 is 15.0 Å². The minimum Gasteiger partial charge on any atom is -0.492 e. The third-order valence-corrected chi connectivity index (χ3v) is 4.39. The van der Waals surface area contributed by atoms with Crippen molar-refractivity contribution in [1.29, 1.82) is 0 Å². The van der Waals surface area contributed by atoms with Crippen molar-refractivity contribution in [2.75, 3.05) is 25.0 Å². The fraction of sp³-hybridized carbons (Fsp3) is 0.421. The van der Waals surface area contributed by atoms with E-state index in [4.69, 9.17) is 4.74 Å². The van der Waals surface area contributed by atoms with Crippen LogP contribution in [0.5, 0.6) is 5.75 Å². The average molecular weight is 340 g/mol. The van der Waals surface area contributed by atoms with Gasteiger partial charge in [-0.25, -0.2) is 9.97 Å². The highest BCUT2D eigenvalue weighted by atomic mass is 16.5. The molecule has 1 fully saturated rings. The fourth-order valence-electron chi connectivity index (χ4n) is 2.87. The number of carbonyl (C=O) groups is 1. The van der Waals surface area contributed by atoms with Gasteiger partial charge in [0.15, 0.2) is 0 Å². The summed E-state index contributed by atoms with van der Waals surface area (Å²) in [7, 11) is 0. The van der Waals surface area contributed by atoms with Gasteiger partial charge in [-0.15, -0.1) is 0 Å². The summed E-state index contributed by atoms with van der Waals surface area (Å²) >= 11 is 0. The van der Waals surface area contributed by atoms with Gasteiger partial charge >= 0.3 is 0 Å². The van der Waals surface area contributed by atoms with Gasteiger partial charge in [-0.2, -0.15) is 0 Å². The lowest BCUT2D eigenvalue weighted by atomic mass is 9.99. The number of rotatable bonds is 5. The van der Waals surface area contributed by atoms with Crippen LogP contribution in [0.2, 0.25) is 0 Å². The van der Waals surface area contributed by atoms with Crippen LogP contribution in [0, 0.1) is 5.92 Å². The lowest BCUT2D eigenvalue weighted by Gasteiger charge is -2.29. The minimum atomic E-state index is -0.0410. The van der Waals surface area contributed by atoms with Crippen LogP contribution in [0.1, 0.15) is 37.2 Å². The number of benzene rings is 1. The molecule has 1 aromatic carbocycles. The first kappa shape index (κ1) is 17.2. The highest BCUT2D eigenvalue weighted by Crippen LogP contribution is 2.26. The Hall–Kier alpha value is -2.63. The molecule has 1 N–H and O–H groups in total. The maximum absolute atomic E-state index is 12.5. The second-order valence-electron chi connectivity index (χ2n) is 6.32. The number of para-hydroxylation sites is 2. The monoisotopic (exact) mass is 340 g/mol. The van der Waals surface area contributed by atoms with Gasteiger partial charge in [0.2, 0.25) is 0 Å². The highest BCUT2D eigenvalue weighted by molar-refractivity contribution is 5.92. The van der Waals surface area contributed by atoms with Crippen LogP contribution in [-0.4, -0.2) is 40.5 Å². The zero-order valence-electron chi connectivity index (χ0n) is 14.7. The second-order valence-corrected chi connectivity index (χ2v) is 6.32. The molecular formula is C19H24N4O2. The molecule has 1 saturated heterocycles. The number of amides is 1. The summed E-state index contributed by atoms with van der Waals surface area (Å²) in [6.45, 7) is 6.35. The van der Waals surface area contributed by atoms with E-state index in [0.717, 1.165) is 37.4 Å². The van der Waals surface area contributed by atoms with Crippen LogP contribution in [0.4, 0.5) is 11.5 Å². The Morgan fingerprint density at radius 2 is 2.00 bits per heavy atom. The molecule has 1 aliphatic rings. The Balaban J connectivity index is 1.67. The Labute approximate surface area is 148 Å². The van der Waals surface area contributed by atoms with Gasteiger partial charge in [-0.1, -0.05) is 19.1 Å². The molecule has 1 amide bonds. The molecule has 2 heterocycles. The summed E-state index contributed by atoms with van der Waals surface area (Å²) < 4.78 is 5.59. The van der Waals surface area contributed by atoms with Gasteiger partial charge in [0.05, 0.1) is 24.7 Å². The molecule has 0 bridgehead atoms. The molecule has 0 radical (unpaired) electrons. The number of likely N-dealkylation sites (tertiary alicyclic amines) is 1. The van der Waals surface area contributed by atoms with E-state index in [0.29, 0.717) is 24.0 Å². The SMILES string of the molecule is CCOc1ccccc1Nc1cnc(C(=O)N2CCC(C)CC2)cn1. The molecule has 0 saturated carbocycles. The number of ether oxygens (including phenoxy) is 1. The Kier molecular flexibility index (Phi) is 5.48. The van der Waals surface area contributed by atoms with Crippen molar-refractivity contribution in [3.05, 3.63) is 42.4 Å². The van der Waals surface area contributed by atoms with Crippen molar-refractivity contribution in [2.45, 2.75) is 26.7 Å². The summed E-state index contributed by atoms with van der Waals surface area (Å²) in [5.41, 5.74) is 1.21. The predicted molar refractivity (Wildman–Crippen MR) is 97.2 cm³/mol. The van der Waals surface area contributed by atoms with Crippen LogP contribution in [0.15, 0.2) is 36.7 Å². The number of aromatic nitrogens is 2. The number of piperidine rings is 1. The lowest BCUT2D eigenvalue weighted by Crippen LogP contribution is -2.38. The van der Waals surface area contributed by atoms with Crippen LogP contribution >= 0.6 is 0 Å². The topological polar surface area (TPSA) is 67.3 Å². The summed E-state index contributed by atoms with van der Waals surface area (Å²) in [4.78, 5) is 23.0. The van der Waals surface area contributed by atoms with E-state index in [1.807, 2.05) is 36.1 Å². The molecule has 3 rings (SSSR count). The van der Waals surface area contributed by atoms with E-state index in [-0.39, 0.29) is 5.91 Å². The number of hydrogen-bond donors (Lipinski definition) is 1. The van der Waals surface area contributed by atoms with Crippen molar-refractivity contribution < 1.29 is 9.53 Å². The maximum Gasteiger partial charge on any atom is 0.274 e. The second kappa shape index (κ2) is 7.96. The van der Waals surface area contributed by atoms with Gasteiger partial charge in [0.25, 0.3) is 5.91 Å². The predicted octanol–water partition coefficient (Wildman–Crippen LogP) is 3.49. The quantitative estimate of drug-likeness (QED) is 0.902. The molecule has 1 aromatic heterocycles. The van der Waals surface area contributed by atoms with E-state index in [1.165, 1.54) is 6.20 Å². The minimum absolute atomic E-state index is 0.0410. The van der Waals surface area contributed by atoms with E-state index in [1.54, 1.807) is 6.20 Å². The fourth-order valence-corrected chi connectivity index (χ4v) is 2.87. The zero-order valence-corrected chi connectivity index (χ0v) is 14.7. The lowest BCUT2D eigenvalue weighted by molar-refractivity contribution is 0.0691. The highest BCUT2D eigenvalue weighted by Gasteiger charge is 2.22. The largest absolute Gasteiger partial charge is 0.492 e. The molecular weight excluding hydrogens is 316 g/mol. The summed E-state index contributed by atoms with van der Waals surface area (Å²) in [6, 6.07) is 7.66. The van der Waals surface area contributed by atoms with Gasteiger partial charge in [0, 0.05) is 13.1 Å². The van der Waals surface area contributed by atoms with E-state index in [2.05, 4.69) is 22.2 Å². The summed E-state index contributed by atoms with van der Waals surface area (Å²) in [5, 5.41) is 3.19. The molecule has 6 nitrogen and oxygen atoms in total. The number of anilines is 2. The molecule has 25 heavy (non-hydrogen) atoms. The standard InChI is InChI=1S/C19H24N4O2/c1-3-25-17-7-5-4-6-15(17)22-18-13-20-16(12-21-18)19(24)23-10-8-14(2)9-11-23/h4-7,12-14H,3,8-11H2,1-2H3,(H,21,22). The van der Waals surface area contributed by atoms with Crippen molar-refractivity contribution in [1.82, 2.24) is 14.9 Å². The normalized spacial score (nSPS) is 15.0. The Morgan fingerprint density at radius 1 is 1.24 bits per heavy atom. The molecule has 132 valence electrons. The van der Waals surface area contributed by atoms with Crippen molar-refractivity contribution in [2.24, 2.45) is 5.92 Å². The van der Waals surface area contributed by atoms with Crippen LogP contribution in [0.3, 0.4) is 0 Å². The maximum atomic E-state index is 12.5. The number of nitrogens with one attached hydrogen (secondary N) is 1. The average Bonchev–Trinajstić information content (AvgIpc) is 2.64. The van der Waals surface area contributed by atoms with Crippen LogP contribution in [0.25, 0.3) is 0 Å². The Morgan fingerprint density at radius 3 is 2.68 bits per heavy atom. The zero-order chi connectivity index (χ0) is 17.6. The smallest absolute Gasteiger partial charge is 0.274 e. The van der Waals surface area contributed by atoms with Crippen molar-refractivity contribution in [3.63, 3.8) is 0 Å².